The van der Waals surface area contributed by atoms with Gasteiger partial charge in [-0.1, -0.05) is 37.6 Å². The zero-order valence-corrected chi connectivity index (χ0v) is 9.57. The van der Waals surface area contributed by atoms with E-state index in [2.05, 4.69) is 6.07 Å². The van der Waals surface area contributed by atoms with E-state index in [1.807, 2.05) is 13.8 Å². The maximum Gasteiger partial charge on any atom is 0.0974 e. The summed E-state index contributed by atoms with van der Waals surface area (Å²) in [6, 6.07) is 9.15. The topological polar surface area (TPSA) is 44.0 Å². The van der Waals surface area contributed by atoms with Gasteiger partial charge in [0.2, 0.25) is 0 Å². The second-order valence-corrected chi connectivity index (χ2v) is 4.33. The largest absolute Gasteiger partial charge is 0.391 e. The van der Waals surface area contributed by atoms with E-state index in [1.54, 1.807) is 24.3 Å². The lowest BCUT2D eigenvalue weighted by Gasteiger charge is -2.20. The molecule has 2 atom stereocenters. The number of rotatable bonds is 3. The van der Waals surface area contributed by atoms with E-state index >= 15 is 0 Å². The molecule has 0 aromatic heterocycles. The summed E-state index contributed by atoms with van der Waals surface area (Å²) in [5.74, 6) is -0.424. The number of benzene rings is 1. The molecular formula is C12H14ClNO. The predicted molar refractivity (Wildman–Crippen MR) is 60.7 cm³/mol. The molecule has 0 spiro atoms. The summed E-state index contributed by atoms with van der Waals surface area (Å²) in [6.45, 7) is 3.79. The Morgan fingerprint density at radius 1 is 1.27 bits per heavy atom. The lowest BCUT2D eigenvalue weighted by atomic mass is 9.88. The smallest absolute Gasteiger partial charge is 0.0974 e. The summed E-state index contributed by atoms with van der Waals surface area (Å²) in [6.07, 6.45) is -0.642. The molecule has 0 amide bonds. The van der Waals surface area contributed by atoms with Gasteiger partial charge in [-0.15, -0.1) is 0 Å². The van der Waals surface area contributed by atoms with Crippen molar-refractivity contribution in [3.63, 3.8) is 0 Å². The molecule has 0 aliphatic rings. The van der Waals surface area contributed by atoms with Crippen molar-refractivity contribution in [2.24, 2.45) is 5.92 Å². The van der Waals surface area contributed by atoms with Gasteiger partial charge in [-0.05, 0) is 23.6 Å². The van der Waals surface area contributed by atoms with Crippen molar-refractivity contribution in [2.75, 3.05) is 0 Å². The lowest BCUT2D eigenvalue weighted by Crippen LogP contribution is -2.23. The van der Waals surface area contributed by atoms with Crippen molar-refractivity contribution in [1.82, 2.24) is 0 Å². The molecule has 2 nitrogen and oxygen atoms in total. The van der Waals surface area contributed by atoms with E-state index in [0.29, 0.717) is 5.02 Å². The molecule has 0 aliphatic carbocycles. The van der Waals surface area contributed by atoms with Gasteiger partial charge in [-0.25, -0.2) is 0 Å². The van der Waals surface area contributed by atoms with Gasteiger partial charge < -0.3 is 5.11 Å². The number of hydrogen-bond acceptors (Lipinski definition) is 2. The van der Waals surface area contributed by atoms with Crippen LogP contribution in [0.3, 0.4) is 0 Å². The van der Waals surface area contributed by atoms with Gasteiger partial charge in [0.25, 0.3) is 0 Å². The first kappa shape index (κ1) is 12.0. The van der Waals surface area contributed by atoms with Crippen molar-refractivity contribution in [3.05, 3.63) is 34.9 Å². The fourth-order valence-electron chi connectivity index (χ4n) is 1.40. The Bertz CT molecular complexity index is 353. The van der Waals surface area contributed by atoms with Crippen LogP contribution in [0.5, 0.6) is 0 Å². The summed E-state index contributed by atoms with van der Waals surface area (Å²) in [4.78, 5) is 0. The molecule has 15 heavy (non-hydrogen) atoms. The van der Waals surface area contributed by atoms with Gasteiger partial charge in [-0.3, -0.25) is 0 Å². The van der Waals surface area contributed by atoms with Crippen LogP contribution < -0.4 is 0 Å². The normalized spacial score (nSPS) is 14.7. The van der Waals surface area contributed by atoms with Crippen LogP contribution in [-0.4, -0.2) is 11.2 Å². The van der Waals surface area contributed by atoms with Gasteiger partial charge in [0.1, 0.15) is 0 Å². The summed E-state index contributed by atoms with van der Waals surface area (Å²) < 4.78 is 0. The van der Waals surface area contributed by atoms with E-state index in [9.17, 15) is 5.11 Å². The minimum absolute atomic E-state index is 0.0605. The molecule has 0 heterocycles. The highest BCUT2D eigenvalue weighted by molar-refractivity contribution is 6.30. The Morgan fingerprint density at radius 2 is 1.80 bits per heavy atom. The zero-order valence-electron chi connectivity index (χ0n) is 8.81. The third kappa shape index (κ3) is 2.95. The molecule has 1 rings (SSSR count). The molecule has 0 fully saturated rings. The Hall–Kier alpha value is -1.04. The number of aliphatic hydroxyl groups is 1. The SMILES string of the molecule is CC(C)C(O)C(C#N)c1ccc(Cl)cc1. The molecular weight excluding hydrogens is 210 g/mol. The van der Waals surface area contributed by atoms with Crippen molar-refractivity contribution < 1.29 is 5.11 Å². The van der Waals surface area contributed by atoms with E-state index in [1.165, 1.54) is 0 Å². The lowest BCUT2D eigenvalue weighted by molar-refractivity contribution is 0.113. The molecule has 0 saturated carbocycles. The summed E-state index contributed by atoms with van der Waals surface area (Å²) in [7, 11) is 0. The maximum absolute atomic E-state index is 9.85. The molecule has 80 valence electrons. The quantitative estimate of drug-likeness (QED) is 0.856. The molecule has 1 N–H and O–H groups in total. The average Bonchev–Trinajstić information content (AvgIpc) is 2.21. The van der Waals surface area contributed by atoms with Crippen LogP contribution in [0, 0.1) is 17.2 Å². The van der Waals surface area contributed by atoms with E-state index in [0.717, 1.165) is 5.56 Å². The molecule has 0 radical (unpaired) electrons. The first-order chi connectivity index (χ1) is 7.06. The molecule has 2 unspecified atom stereocenters. The van der Waals surface area contributed by atoms with Crippen molar-refractivity contribution >= 4 is 11.6 Å². The van der Waals surface area contributed by atoms with Gasteiger partial charge in [0.05, 0.1) is 18.1 Å². The number of nitrogens with zero attached hydrogens (tertiary/aromatic N) is 1. The first-order valence-electron chi connectivity index (χ1n) is 4.89. The highest BCUT2D eigenvalue weighted by Crippen LogP contribution is 2.24. The van der Waals surface area contributed by atoms with Crippen LogP contribution in [0.15, 0.2) is 24.3 Å². The van der Waals surface area contributed by atoms with Gasteiger partial charge in [0, 0.05) is 5.02 Å². The average molecular weight is 224 g/mol. The third-order valence-electron chi connectivity index (χ3n) is 2.39. The number of halogens is 1. The van der Waals surface area contributed by atoms with Crippen LogP contribution in [0.2, 0.25) is 5.02 Å². The number of hydrogen-bond donors (Lipinski definition) is 1. The Balaban J connectivity index is 2.94. The Labute approximate surface area is 95.1 Å². The Kier molecular flexibility index (Phi) is 4.14. The van der Waals surface area contributed by atoms with Gasteiger partial charge in [-0.2, -0.15) is 5.26 Å². The fourth-order valence-corrected chi connectivity index (χ4v) is 1.53. The van der Waals surface area contributed by atoms with Crippen LogP contribution in [-0.2, 0) is 0 Å². The second-order valence-electron chi connectivity index (χ2n) is 3.89. The summed E-state index contributed by atoms with van der Waals surface area (Å²) in [5.41, 5.74) is 0.808. The van der Waals surface area contributed by atoms with Crippen LogP contribution >= 0.6 is 11.6 Å². The molecule has 1 aromatic carbocycles. The van der Waals surface area contributed by atoms with E-state index in [-0.39, 0.29) is 5.92 Å². The first-order valence-corrected chi connectivity index (χ1v) is 5.27. The van der Waals surface area contributed by atoms with Crippen LogP contribution in [0.4, 0.5) is 0 Å². The minimum Gasteiger partial charge on any atom is -0.391 e. The fraction of sp³-hybridized carbons (Fsp3) is 0.417. The van der Waals surface area contributed by atoms with Crippen LogP contribution in [0.1, 0.15) is 25.3 Å². The van der Waals surface area contributed by atoms with E-state index < -0.39 is 12.0 Å². The van der Waals surface area contributed by atoms with Crippen molar-refractivity contribution in [2.45, 2.75) is 25.9 Å². The molecule has 0 bridgehead atoms. The van der Waals surface area contributed by atoms with Crippen molar-refractivity contribution in [3.8, 4) is 6.07 Å². The van der Waals surface area contributed by atoms with Gasteiger partial charge >= 0.3 is 0 Å². The van der Waals surface area contributed by atoms with Crippen molar-refractivity contribution in [1.29, 1.82) is 5.26 Å². The standard InChI is InChI=1S/C12H14ClNO/c1-8(2)12(15)11(7-14)9-3-5-10(13)6-4-9/h3-6,8,11-12,15H,1-2H3. The minimum atomic E-state index is -0.642. The highest BCUT2D eigenvalue weighted by Gasteiger charge is 2.23. The Morgan fingerprint density at radius 3 is 2.20 bits per heavy atom. The molecule has 0 aliphatic heterocycles. The van der Waals surface area contributed by atoms with E-state index in [4.69, 9.17) is 16.9 Å². The molecule has 1 aromatic rings. The summed E-state index contributed by atoms with van der Waals surface area (Å²) in [5, 5.41) is 19.5. The summed E-state index contributed by atoms with van der Waals surface area (Å²) >= 11 is 5.76. The van der Waals surface area contributed by atoms with Gasteiger partial charge in [0.15, 0.2) is 0 Å². The zero-order chi connectivity index (χ0) is 11.4. The molecule has 0 saturated heterocycles. The third-order valence-corrected chi connectivity index (χ3v) is 2.64. The number of nitriles is 1. The predicted octanol–water partition coefficient (Wildman–Crippen LogP) is 2.96. The second kappa shape index (κ2) is 5.16. The van der Waals surface area contributed by atoms with Crippen LogP contribution in [0.25, 0.3) is 0 Å². The highest BCUT2D eigenvalue weighted by atomic mass is 35.5. The molecule has 3 heteroatoms. The monoisotopic (exact) mass is 223 g/mol. The number of aliphatic hydroxyl groups excluding tert-OH is 1. The maximum atomic E-state index is 9.85.